The van der Waals surface area contributed by atoms with Gasteiger partial charge < -0.3 is 20.0 Å². The molecule has 0 bridgehead atoms. The molecule has 2 atom stereocenters. The van der Waals surface area contributed by atoms with Crippen LogP contribution < -0.4 is 15.4 Å². The van der Waals surface area contributed by atoms with E-state index in [1.54, 1.807) is 24.4 Å². The van der Waals surface area contributed by atoms with E-state index in [9.17, 15) is 18.5 Å². The predicted octanol–water partition coefficient (Wildman–Crippen LogP) is 3.73. The summed E-state index contributed by atoms with van der Waals surface area (Å²) in [5, 5.41) is 18.8. The van der Waals surface area contributed by atoms with Gasteiger partial charge in [-0.1, -0.05) is 25.0 Å². The number of pyridine rings is 1. The van der Waals surface area contributed by atoms with E-state index in [0.29, 0.717) is 43.1 Å². The number of nitrogens with zero attached hydrogens (tertiary/aromatic N) is 5. The second-order valence-corrected chi connectivity index (χ2v) is 13.0. The van der Waals surface area contributed by atoms with E-state index in [1.165, 1.54) is 6.07 Å². The van der Waals surface area contributed by atoms with Gasteiger partial charge in [0, 0.05) is 68.8 Å². The lowest BCUT2D eigenvalue weighted by Gasteiger charge is -2.40. The molecule has 0 unspecified atom stereocenters. The molecule has 0 radical (unpaired) electrons. The van der Waals surface area contributed by atoms with E-state index in [4.69, 9.17) is 11.6 Å². The highest BCUT2D eigenvalue weighted by Crippen LogP contribution is 2.33. The van der Waals surface area contributed by atoms with Crippen LogP contribution in [-0.4, -0.2) is 74.4 Å². The van der Waals surface area contributed by atoms with Crippen molar-refractivity contribution in [2.75, 3.05) is 49.5 Å². The number of rotatable bonds is 7. The third-order valence-corrected chi connectivity index (χ3v) is 9.52. The number of nitrogens with two attached hydrogens (primary N) is 1. The minimum absolute atomic E-state index is 0.0172. The Morgan fingerprint density at radius 3 is 2.45 bits per heavy atom. The Labute approximate surface area is 261 Å². The summed E-state index contributed by atoms with van der Waals surface area (Å²) in [5.41, 5.74) is 5.92. The average Bonchev–Trinajstić information content (AvgIpc) is 2.99. The van der Waals surface area contributed by atoms with Crippen LogP contribution in [-0.2, 0) is 10.0 Å². The summed E-state index contributed by atoms with van der Waals surface area (Å²) in [5.74, 6) is 3.10. The van der Waals surface area contributed by atoms with Gasteiger partial charge in [0.1, 0.15) is 16.8 Å². The number of nitrogens with one attached hydrogen (secondary N) is 1. The standard InChI is InChI=1S/C33H41N7O3S/c1-7-10-28(26(8-2)20-34)40-14-12-27(24(5)21-40)37-31-23(4)19-22(3)30(25(31)6)33(41)39-17-15-38(16-18-39)32-29(44(35,42)43)11-9-13-36-32/h1,8-11,13,19,24,27,37H,12,14-18,21H2,2-6H3,(H2,35,42,43)/b26-8-,28-10+/t24-,27-/m1/s1. The number of aryl methyl sites for hydroxylation is 2. The first-order valence-electron chi connectivity index (χ1n) is 14.8. The number of carbonyl (C=O) groups excluding carboxylic acids is 1. The number of primary sulfonamides is 1. The topological polar surface area (TPSA) is 136 Å². The number of benzene rings is 1. The molecule has 11 heteroatoms. The molecule has 0 saturated carbocycles. The van der Waals surface area contributed by atoms with Crippen LogP contribution in [0.3, 0.4) is 0 Å². The van der Waals surface area contributed by atoms with E-state index in [0.717, 1.165) is 47.6 Å². The molecule has 0 aliphatic carbocycles. The number of piperazine rings is 1. The predicted molar refractivity (Wildman–Crippen MR) is 173 cm³/mol. The molecule has 2 aromatic rings. The van der Waals surface area contributed by atoms with Gasteiger partial charge in [0.2, 0.25) is 10.0 Å². The van der Waals surface area contributed by atoms with Crippen LogP contribution >= 0.6 is 0 Å². The highest BCUT2D eigenvalue weighted by molar-refractivity contribution is 7.89. The lowest BCUT2D eigenvalue weighted by Crippen LogP contribution is -2.49. The molecular weight excluding hydrogens is 574 g/mol. The smallest absolute Gasteiger partial charge is 0.254 e. The zero-order valence-electron chi connectivity index (χ0n) is 26.1. The van der Waals surface area contributed by atoms with Crippen LogP contribution in [0, 0.1) is 50.4 Å². The van der Waals surface area contributed by atoms with Gasteiger partial charge in [-0.05, 0) is 68.9 Å². The van der Waals surface area contributed by atoms with E-state index in [2.05, 4.69) is 47.1 Å². The molecule has 4 rings (SSSR count). The number of anilines is 2. The number of allylic oxidation sites excluding steroid dienone is 3. The number of terminal acetylenes is 1. The van der Waals surface area contributed by atoms with E-state index in [1.807, 2.05) is 30.6 Å². The summed E-state index contributed by atoms with van der Waals surface area (Å²) in [6.45, 7) is 13.3. The molecular formula is C33H41N7O3S. The number of carbonyl (C=O) groups is 1. The van der Waals surface area contributed by atoms with Crippen molar-refractivity contribution in [3.63, 3.8) is 0 Å². The Kier molecular flexibility index (Phi) is 10.0. The molecule has 2 fully saturated rings. The number of likely N-dealkylation sites (tertiary alicyclic amines) is 1. The van der Waals surface area contributed by atoms with Gasteiger partial charge in [-0.3, -0.25) is 4.79 Å². The van der Waals surface area contributed by atoms with Crippen LogP contribution in [0.5, 0.6) is 0 Å². The summed E-state index contributed by atoms with van der Waals surface area (Å²) in [7, 11) is -3.93. The summed E-state index contributed by atoms with van der Waals surface area (Å²) in [4.78, 5) is 24.0. The second-order valence-electron chi connectivity index (χ2n) is 11.5. The quantitative estimate of drug-likeness (QED) is 0.273. The van der Waals surface area contributed by atoms with Crippen molar-refractivity contribution in [3.8, 4) is 18.4 Å². The highest BCUT2D eigenvalue weighted by atomic mass is 32.2. The number of hydrogen-bond acceptors (Lipinski definition) is 8. The number of nitriles is 1. The van der Waals surface area contributed by atoms with Crippen molar-refractivity contribution < 1.29 is 13.2 Å². The normalized spacial score (nSPS) is 19.8. The van der Waals surface area contributed by atoms with Crippen LogP contribution in [0.1, 0.15) is 47.3 Å². The second kappa shape index (κ2) is 13.5. The number of amides is 1. The fourth-order valence-corrected chi connectivity index (χ4v) is 7.01. The van der Waals surface area contributed by atoms with Crippen LogP contribution in [0.25, 0.3) is 0 Å². The van der Waals surface area contributed by atoms with E-state index < -0.39 is 10.0 Å². The summed E-state index contributed by atoms with van der Waals surface area (Å²) in [6, 6.07) is 7.48. The molecule has 2 saturated heterocycles. The molecule has 2 aliphatic heterocycles. The molecule has 3 heterocycles. The number of aromatic nitrogens is 1. The van der Waals surface area contributed by atoms with Crippen molar-refractivity contribution in [1.29, 1.82) is 5.26 Å². The molecule has 3 N–H and O–H groups in total. The van der Waals surface area contributed by atoms with Crippen molar-refractivity contribution in [1.82, 2.24) is 14.8 Å². The Balaban J connectivity index is 1.50. The first kappa shape index (κ1) is 32.6. The molecule has 232 valence electrons. The highest BCUT2D eigenvalue weighted by Gasteiger charge is 2.31. The lowest BCUT2D eigenvalue weighted by atomic mass is 9.90. The van der Waals surface area contributed by atoms with Crippen LogP contribution in [0.15, 0.2) is 52.7 Å². The lowest BCUT2D eigenvalue weighted by molar-refractivity contribution is 0.0745. The van der Waals surface area contributed by atoms with Crippen molar-refractivity contribution in [2.24, 2.45) is 11.1 Å². The van der Waals surface area contributed by atoms with Crippen LogP contribution in [0.4, 0.5) is 11.5 Å². The summed E-state index contributed by atoms with van der Waals surface area (Å²) < 4.78 is 24.2. The zero-order valence-corrected chi connectivity index (χ0v) is 26.9. The molecule has 1 aromatic heterocycles. The van der Waals surface area contributed by atoms with Crippen molar-refractivity contribution >= 4 is 27.4 Å². The van der Waals surface area contributed by atoms with Crippen molar-refractivity contribution in [3.05, 3.63) is 70.1 Å². The molecule has 44 heavy (non-hydrogen) atoms. The Bertz CT molecular complexity index is 1680. The maximum absolute atomic E-state index is 13.9. The molecule has 10 nitrogen and oxygen atoms in total. The third-order valence-electron chi connectivity index (χ3n) is 8.59. The Morgan fingerprint density at radius 2 is 1.86 bits per heavy atom. The molecule has 1 aromatic carbocycles. The van der Waals surface area contributed by atoms with Gasteiger partial charge in [0.15, 0.2) is 0 Å². The fourth-order valence-electron chi connectivity index (χ4n) is 6.31. The Hall–Kier alpha value is -4.32. The molecule has 2 aliphatic rings. The van der Waals surface area contributed by atoms with Gasteiger partial charge >= 0.3 is 0 Å². The number of sulfonamides is 1. The van der Waals surface area contributed by atoms with Gasteiger partial charge in [0.25, 0.3) is 5.91 Å². The van der Waals surface area contributed by atoms with E-state index >= 15 is 0 Å². The molecule has 1 amide bonds. The average molecular weight is 616 g/mol. The van der Waals surface area contributed by atoms with Crippen molar-refractivity contribution in [2.45, 2.75) is 52.0 Å². The van der Waals surface area contributed by atoms with Crippen LogP contribution in [0.2, 0.25) is 0 Å². The van der Waals surface area contributed by atoms with Gasteiger partial charge in [-0.25, -0.2) is 18.5 Å². The summed E-state index contributed by atoms with van der Waals surface area (Å²) >= 11 is 0. The first-order valence-corrected chi connectivity index (χ1v) is 16.3. The first-order chi connectivity index (χ1) is 20.9. The van der Waals surface area contributed by atoms with Gasteiger partial charge in [-0.2, -0.15) is 5.26 Å². The minimum atomic E-state index is -3.93. The number of hydrogen-bond donors (Lipinski definition) is 2. The fraction of sp³-hybridized carbons (Fsp3) is 0.424. The number of piperidine rings is 1. The third kappa shape index (κ3) is 6.75. The zero-order chi connectivity index (χ0) is 32.2. The monoisotopic (exact) mass is 615 g/mol. The largest absolute Gasteiger partial charge is 0.381 e. The van der Waals surface area contributed by atoms with Gasteiger partial charge in [-0.15, -0.1) is 6.42 Å². The minimum Gasteiger partial charge on any atom is -0.381 e. The maximum Gasteiger partial charge on any atom is 0.254 e. The Morgan fingerprint density at radius 1 is 1.16 bits per heavy atom. The van der Waals surface area contributed by atoms with Gasteiger partial charge in [0.05, 0.1) is 11.3 Å². The summed E-state index contributed by atoms with van der Waals surface area (Å²) in [6.07, 6.45) is 11.4. The molecule has 0 spiro atoms. The maximum atomic E-state index is 13.9. The SMILES string of the molecule is C#C/C=C(\C(C#N)=C/C)N1CC[C@@H](Nc2c(C)cc(C)c(C(=O)N3CCN(c4ncccc4S(N)(=O)=O)CC3)c2C)[C@H](C)C1. The van der Waals surface area contributed by atoms with E-state index in [-0.39, 0.29) is 22.8 Å².